The van der Waals surface area contributed by atoms with Crippen LogP contribution in [0.5, 0.6) is 5.75 Å². The van der Waals surface area contributed by atoms with Crippen molar-refractivity contribution in [2.45, 2.75) is 6.54 Å². The Hall–Kier alpha value is -2.88. The van der Waals surface area contributed by atoms with Crippen LogP contribution in [0.1, 0.15) is 16.1 Å². The van der Waals surface area contributed by atoms with Crippen LogP contribution < -0.4 is 5.32 Å². The molecule has 0 spiro atoms. The highest BCUT2D eigenvalue weighted by molar-refractivity contribution is 5.94. The second-order valence-electron chi connectivity index (χ2n) is 4.72. The van der Waals surface area contributed by atoms with Crippen LogP contribution in [0.3, 0.4) is 0 Å². The lowest BCUT2D eigenvalue weighted by molar-refractivity contribution is 0.0950. The lowest BCUT2D eigenvalue weighted by Gasteiger charge is -2.06. The van der Waals surface area contributed by atoms with E-state index in [4.69, 9.17) is 0 Å². The van der Waals surface area contributed by atoms with Crippen molar-refractivity contribution in [3.05, 3.63) is 71.9 Å². The molecule has 0 aliphatic heterocycles. The summed E-state index contributed by atoms with van der Waals surface area (Å²) in [6.45, 7) is 0.366. The van der Waals surface area contributed by atoms with Gasteiger partial charge in [-0.25, -0.2) is 0 Å². The number of para-hydroxylation sites is 1. The maximum absolute atomic E-state index is 12.0. The Morgan fingerprint density at radius 2 is 1.76 bits per heavy atom. The number of phenolic OH excluding ortho intramolecular Hbond substituents is 1. The summed E-state index contributed by atoms with van der Waals surface area (Å²) in [7, 11) is 0. The minimum Gasteiger partial charge on any atom is -0.508 e. The van der Waals surface area contributed by atoms with E-state index in [1.807, 2.05) is 36.4 Å². The number of phenols is 1. The second kappa shape index (κ2) is 5.63. The molecule has 3 aromatic rings. The Morgan fingerprint density at radius 3 is 2.57 bits per heavy atom. The number of hydrogen-bond acceptors (Lipinski definition) is 3. The van der Waals surface area contributed by atoms with Gasteiger partial charge in [0.1, 0.15) is 5.75 Å². The van der Waals surface area contributed by atoms with Crippen LogP contribution in [0.4, 0.5) is 0 Å². The molecule has 0 radical (unpaired) electrons. The normalized spacial score (nSPS) is 10.5. The number of hydrogen-bond donors (Lipinski definition) is 2. The van der Waals surface area contributed by atoms with Crippen LogP contribution in [0.25, 0.3) is 10.9 Å². The summed E-state index contributed by atoms with van der Waals surface area (Å²) in [6, 6.07) is 17.9. The molecule has 3 rings (SSSR count). The molecule has 1 amide bonds. The van der Waals surface area contributed by atoms with E-state index in [2.05, 4.69) is 10.3 Å². The average molecular weight is 278 g/mol. The molecule has 0 saturated heterocycles. The van der Waals surface area contributed by atoms with E-state index < -0.39 is 0 Å². The third-order valence-electron chi connectivity index (χ3n) is 3.22. The molecule has 0 aliphatic carbocycles. The van der Waals surface area contributed by atoms with Gasteiger partial charge in [-0.2, -0.15) is 0 Å². The molecular weight excluding hydrogens is 264 g/mol. The summed E-state index contributed by atoms with van der Waals surface area (Å²) in [5.74, 6) is -0.0484. The van der Waals surface area contributed by atoms with Gasteiger partial charge in [0, 0.05) is 10.9 Å². The van der Waals surface area contributed by atoms with Gasteiger partial charge in [-0.1, -0.05) is 24.3 Å². The fraction of sp³-hybridized carbons (Fsp3) is 0.0588. The van der Waals surface area contributed by atoms with Crippen LogP contribution in [0, 0.1) is 0 Å². The van der Waals surface area contributed by atoms with E-state index >= 15 is 0 Å². The first kappa shape index (κ1) is 13.1. The van der Waals surface area contributed by atoms with Gasteiger partial charge in [0.2, 0.25) is 0 Å². The number of carbonyl (C=O) groups is 1. The summed E-state index contributed by atoms with van der Waals surface area (Å²) >= 11 is 0. The van der Waals surface area contributed by atoms with Crippen LogP contribution in [-0.2, 0) is 6.54 Å². The van der Waals surface area contributed by atoms with Gasteiger partial charge in [0.15, 0.2) is 0 Å². The SMILES string of the molecule is O=C(NCc1ccc2ccccc2n1)c1ccc(O)cc1. The van der Waals surface area contributed by atoms with Crippen molar-refractivity contribution in [1.29, 1.82) is 0 Å². The van der Waals surface area contributed by atoms with Crippen molar-refractivity contribution >= 4 is 16.8 Å². The summed E-state index contributed by atoms with van der Waals surface area (Å²) in [6.07, 6.45) is 0. The molecule has 0 unspecified atom stereocenters. The molecule has 4 heteroatoms. The van der Waals surface area contributed by atoms with E-state index in [0.717, 1.165) is 16.6 Å². The fourth-order valence-corrected chi connectivity index (χ4v) is 2.09. The zero-order valence-corrected chi connectivity index (χ0v) is 11.3. The number of rotatable bonds is 3. The van der Waals surface area contributed by atoms with Crippen LogP contribution >= 0.6 is 0 Å². The third kappa shape index (κ3) is 3.00. The van der Waals surface area contributed by atoms with Crippen molar-refractivity contribution in [1.82, 2.24) is 10.3 Å². The number of aromatic hydroxyl groups is 1. The Labute approximate surface area is 122 Å². The maximum Gasteiger partial charge on any atom is 0.251 e. The summed E-state index contributed by atoms with van der Waals surface area (Å²) in [5.41, 5.74) is 2.23. The summed E-state index contributed by atoms with van der Waals surface area (Å²) in [5, 5.41) is 13.1. The summed E-state index contributed by atoms with van der Waals surface area (Å²) in [4.78, 5) is 16.5. The predicted molar refractivity (Wildman–Crippen MR) is 81.0 cm³/mol. The van der Waals surface area contributed by atoms with Crippen molar-refractivity contribution in [2.75, 3.05) is 0 Å². The number of amides is 1. The molecule has 1 heterocycles. The third-order valence-corrected chi connectivity index (χ3v) is 3.22. The molecular formula is C17H14N2O2. The van der Waals surface area contributed by atoms with Gasteiger partial charge in [-0.3, -0.25) is 9.78 Å². The highest BCUT2D eigenvalue weighted by Crippen LogP contribution is 2.12. The van der Waals surface area contributed by atoms with Crippen molar-refractivity contribution in [3.63, 3.8) is 0 Å². The van der Waals surface area contributed by atoms with E-state index in [-0.39, 0.29) is 11.7 Å². The first-order valence-electron chi connectivity index (χ1n) is 6.64. The van der Waals surface area contributed by atoms with Crippen LogP contribution in [-0.4, -0.2) is 16.0 Å². The average Bonchev–Trinajstić information content (AvgIpc) is 2.53. The molecule has 0 atom stereocenters. The largest absolute Gasteiger partial charge is 0.508 e. The zero-order chi connectivity index (χ0) is 14.7. The topological polar surface area (TPSA) is 62.2 Å². The first-order valence-corrected chi connectivity index (χ1v) is 6.64. The van der Waals surface area contributed by atoms with Gasteiger partial charge in [0.25, 0.3) is 5.91 Å². The number of benzene rings is 2. The minimum absolute atomic E-state index is 0.141. The molecule has 0 bridgehead atoms. The highest BCUT2D eigenvalue weighted by Gasteiger charge is 2.05. The Kier molecular flexibility index (Phi) is 3.51. The summed E-state index contributed by atoms with van der Waals surface area (Å²) < 4.78 is 0. The number of carbonyl (C=O) groups excluding carboxylic acids is 1. The molecule has 1 aromatic heterocycles. The Balaban J connectivity index is 1.71. The smallest absolute Gasteiger partial charge is 0.251 e. The first-order chi connectivity index (χ1) is 10.2. The molecule has 4 nitrogen and oxygen atoms in total. The lowest BCUT2D eigenvalue weighted by atomic mass is 10.2. The van der Waals surface area contributed by atoms with Crippen molar-refractivity contribution in [2.24, 2.45) is 0 Å². The lowest BCUT2D eigenvalue weighted by Crippen LogP contribution is -2.23. The minimum atomic E-state index is -0.190. The van der Waals surface area contributed by atoms with Crippen LogP contribution in [0.2, 0.25) is 0 Å². The van der Waals surface area contributed by atoms with Gasteiger partial charge >= 0.3 is 0 Å². The Bertz CT molecular complexity index is 782. The number of nitrogens with one attached hydrogen (secondary N) is 1. The van der Waals surface area contributed by atoms with Gasteiger partial charge in [-0.05, 0) is 36.4 Å². The quantitative estimate of drug-likeness (QED) is 0.774. The van der Waals surface area contributed by atoms with E-state index in [1.165, 1.54) is 12.1 Å². The number of pyridine rings is 1. The molecule has 21 heavy (non-hydrogen) atoms. The molecule has 104 valence electrons. The van der Waals surface area contributed by atoms with Gasteiger partial charge in [0.05, 0.1) is 17.8 Å². The van der Waals surface area contributed by atoms with E-state index in [9.17, 15) is 9.90 Å². The second-order valence-corrected chi connectivity index (χ2v) is 4.72. The van der Waals surface area contributed by atoms with Gasteiger partial charge < -0.3 is 10.4 Å². The Morgan fingerprint density at radius 1 is 1.00 bits per heavy atom. The van der Waals surface area contributed by atoms with Crippen LogP contribution in [0.15, 0.2) is 60.7 Å². The maximum atomic E-state index is 12.0. The molecule has 0 aliphatic rings. The fourth-order valence-electron chi connectivity index (χ4n) is 2.09. The number of fused-ring (bicyclic) bond motifs is 1. The van der Waals surface area contributed by atoms with Crippen molar-refractivity contribution in [3.8, 4) is 5.75 Å². The molecule has 0 saturated carbocycles. The molecule has 0 fully saturated rings. The van der Waals surface area contributed by atoms with E-state index in [1.54, 1.807) is 12.1 Å². The van der Waals surface area contributed by atoms with Crippen molar-refractivity contribution < 1.29 is 9.90 Å². The standard InChI is InChI=1S/C17H14N2O2/c20-15-9-6-13(7-10-15)17(21)18-11-14-8-5-12-3-1-2-4-16(12)19-14/h1-10,20H,11H2,(H,18,21). The number of aromatic nitrogens is 1. The molecule has 2 N–H and O–H groups in total. The zero-order valence-electron chi connectivity index (χ0n) is 11.3. The molecule has 2 aromatic carbocycles. The van der Waals surface area contributed by atoms with Gasteiger partial charge in [-0.15, -0.1) is 0 Å². The number of nitrogens with zero attached hydrogens (tertiary/aromatic N) is 1. The monoisotopic (exact) mass is 278 g/mol. The predicted octanol–water partition coefficient (Wildman–Crippen LogP) is 2.87. The highest BCUT2D eigenvalue weighted by atomic mass is 16.3. The van der Waals surface area contributed by atoms with E-state index in [0.29, 0.717) is 12.1 Å².